The molecule has 3 aromatic heterocycles. The van der Waals surface area contributed by atoms with Crippen LogP contribution in [-0.4, -0.2) is 43.0 Å². The highest BCUT2D eigenvalue weighted by Gasteiger charge is 2.37. The van der Waals surface area contributed by atoms with E-state index in [4.69, 9.17) is 0 Å². The first-order chi connectivity index (χ1) is 13.6. The Kier molecular flexibility index (Phi) is 3.89. The molecule has 1 fully saturated rings. The predicted molar refractivity (Wildman–Crippen MR) is 104 cm³/mol. The zero-order valence-corrected chi connectivity index (χ0v) is 15.7. The summed E-state index contributed by atoms with van der Waals surface area (Å²) in [7, 11) is 1.83. The number of rotatable bonds is 2. The van der Waals surface area contributed by atoms with E-state index in [-0.39, 0.29) is 23.3 Å². The summed E-state index contributed by atoms with van der Waals surface area (Å²) >= 11 is 0. The Balaban J connectivity index is 1.50. The largest absolute Gasteiger partial charge is 0.335 e. The van der Waals surface area contributed by atoms with Crippen molar-refractivity contribution in [1.82, 2.24) is 24.0 Å². The first-order valence-electron chi connectivity index (χ1n) is 9.52. The predicted octanol–water partition coefficient (Wildman–Crippen LogP) is 1.90. The smallest absolute Gasteiger partial charge is 0.289 e. The van der Waals surface area contributed by atoms with Gasteiger partial charge in [-0.2, -0.15) is 0 Å². The first kappa shape index (κ1) is 16.9. The fraction of sp³-hybridized carbons (Fsp3) is 0.333. The van der Waals surface area contributed by atoms with Gasteiger partial charge in [0.05, 0.1) is 0 Å². The highest BCUT2D eigenvalue weighted by atomic mass is 16.2. The van der Waals surface area contributed by atoms with Gasteiger partial charge >= 0.3 is 0 Å². The van der Waals surface area contributed by atoms with Crippen molar-refractivity contribution in [2.24, 2.45) is 13.0 Å². The Morgan fingerprint density at radius 1 is 1.14 bits per heavy atom. The van der Waals surface area contributed by atoms with E-state index in [0.29, 0.717) is 25.5 Å². The number of piperidine rings is 1. The zero-order chi connectivity index (χ0) is 19.3. The van der Waals surface area contributed by atoms with Gasteiger partial charge in [0.25, 0.3) is 11.5 Å². The fourth-order valence-corrected chi connectivity index (χ4v) is 4.54. The number of hydrogen-bond donors (Lipinski definition) is 0. The van der Waals surface area contributed by atoms with Gasteiger partial charge < -0.3 is 14.0 Å². The first-order valence-corrected chi connectivity index (χ1v) is 9.52. The second-order valence-corrected chi connectivity index (χ2v) is 7.73. The molecule has 0 spiro atoms. The molecule has 2 aliphatic heterocycles. The lowest BCUT2D eigenvalue weighted by molar-refractivity contribution is 0.0579. The molecular weight excluding hydrogens is 354 g/mol. The number of aryl methyl sites for hydroxylation is 1. The molecule has 7 nitrogen and oxygen atoms in total. The van der Waals surface area contributed by atoms with Gasteiger partial charge in [0.2, 0.25) is 0 Å². The molecule has 1 saturated heterocycles. The molecule has 2 atom stereocenters. The van der Waals surface area contributed by atoms with Gasteiger partial charge in [0.15, 0.2) is 5.82 Å². The number of carbonyl (C=O) groups is 1. The van der Waals surface area contributed by atoms with Crippen LogP contribution in [0.3, 0.4) is 0 Å². The summed E-state index contributed by atoms with van der Waals surface area (Å²) in [6.07, 6.45) is 7.93. The Bertz CT molecular complexity index is 1100. The Morgan fingerprint density at radius 2 is 2.04 bits per heavy atom. The molecule has 7 heteroatoms. The van der Waals surface area contributed by atoms with Gasteiger partial charge in [0.1, 0.15) is 0 Å². The molecule has 0 aromatic carbocycles. The lowest BCUT2D eigenvalue weighted by Gasteiger charge is -2.42. The highest BCUT2D eigenvalue weighted by molar-refractivity contribution is 5.91. The number of aromatic nitrogens is 4. The molecule has 2 bridgehead atoms. The maximum absolute atomic E-state index is 12.9. The summed E-state index contributed by atoms with van der Waals surface area (Å²) in [4.78, 5) is 36.0. The maximum Gasteiger partial charge on any atom is 0.289 e. The third kappa shape index (κ3) is 2.74. The van der Waals surface area contributed by atoms with Gasteiger partial charge in [-0.05, 0) is 30.0 Å². The van der Waals surface area contributed by atoms with E-state index in [1.54, 1.807) is 35.4 Å². The van der Waals surface area contributed by atoms with Crippen molar-refractivity contribution in [2.45, 2.75) is 18.9 Å². The third-order valence-electron chi connectivity index (χ3n) is 5.85. The van der Waals surface area contributed by atoms with E-state index in [2.05, 4.69) is 16.0 Å². The van der Waals surface area contributed by atoms with E-state index in [1.807, 2.05) is 28.6 Å². The SMILES string of the molecule is Cn1ccnc1C(=O)N1C[C@@H]2C[C@H](C1)c1cc(-c3cccnc3)cc(=O)n1C2. The van der Waals surface area contributed by atoms with Gasteiger partial charge in [-0.3, -0.25) is 14.6 Å². The summed E-state index contributed by atoms with van der Waals surface area (Å²) in [5.74, 6) is 0.862. The number of pyridine rings is 2. The molecule has 1 amide bonds. The topological polar surface area (TPSA) is 73.0 Å². The van der Waals surface area contributed by atoms with Crippen LogP contribution in [0, 0.1) is 5.92 Å². The van der Waals surface area contributed by atoms with Crippen molar-refractivity contribution in [2.75, 3.05) is 13.1 Å². The maximum atomic E-state index is 12.9. The number of nitrogens with zero attached hydrogens (tertiary/aromatic N) is 5. The van der Waals surface area contributed by atoms with Crippen molar-refractivity contribution < 1.29 is 4.79 Å². The van der Waals surface area contributed by atoms with Crippen LogP contribution in [-0.2, 0) is 13.6 Å². The highest BCUT2D eigenvalue weighted by Crippen LogP contribution is 2.36. The molecular formula is C21H21N5O2. The quantitative estimate of drug-likeness (QED) is 0.686. The van der Waals surface area contributed by atoms with Gasteiger partial charge in [-0.25, -0.2) is 4.98 Å². The number of amides is 1. The van der Waals surface area contributed by atoms with Crippen molar-refractivity contribution in [3.63, 3.8) is 0 Å². The minimum atomic E-state index is -0.0404. The standard InChI is InChI=1S/C21H21N5O2/c1-24-6-5-23-20(24)21(28)25-11-14-7-17(13-25)18-8-16(9-19(27)26(18)12-14)15-3-2-4-22-10-15/h2-6,8-10,14,17H,7,11-13H2,1H3/t14-,17+/m0/s1. The third-order valence-corrected chi connectivity index (χ3v) is 5.85. The summed E-state index contributed by atoms with van der Waals surface area (Å²) in [5, 5.41) is 0. The molecule has 2 aliphatic rings. The van der Waals surface area contributed by atoms with Crippen LogP contribution >= 0.6 is 0 Å². The molecule has 5 heterocycles. The van der Waals surface area contributed by atoms with Crippen LogP contribution in [0.5, 0.6) is 0 Å². The van der Waals surface area contributed by atoms with Gasteiger partial charge in [-0.15, -0.1) is 0 Å². The van der Waals surface area contributed by atoms with Crippen LogP contribution in [0.4, 0.5) is 0 Å². The summed E-state index contributed by atoms with van der Waals surface area (Å²) in [6.45, 7) is 1.93. The number of fused-ring (bicyclic) bond motifs is 4. The van der Waals surface area contributed by atoms with Crippen molar-refractivity contribution in [3.05, 3.63) is 70.9 Å². The summed E-state index contributed by atoms with van der Waals surface area (Å²) in [6, 6.07) is 7.62. The monoisotopic (exact) mass is 375 g/mol. The molecule has 0 radical (unpaired) electrons. The molecule has 0 unspecified atom stereocenters. The van der Waals surface area contributed by atoms with Crippen molar-refractivity contribution >= 4 is 5.91 Å². The van der Waals surface area contributed by atoms with Crippen LogP contribution < -0.4 is 5.56 Å². The van der Waals surface area contributed by atoms with Crippen LogP contribution in [0.2, 0.25) is 0 Å². The minimum Gasteiger partial charge on any atom is -0.335 e. The molecule has 5 rings (SSSR count). The molecule has 142 valence electrons. The molecule has 28 heavy (non-hydrogen) atoms. The van der Waals surface area contributed by atoms with Crippen LogP contribution in [0.15, 0.2) is 53.8 Å². The van der Waals surface area contributed by atoms with E-state index in [9.17, 15) is 9.59 Å². The molecule has 3 aromatic rings. The van der Waals surface area contributed by atoms with Crippen LogP contribution in [0.1, 0.15) is 28.7 Å². The normalized spacial score (nSPS) is 20.7. The average Bonchev–Trinajstić information content (AvgIpc) is 3.14. The number of carbonyl (C=O) groups excluding carboxylic acids is 1. The summed E-state index contributed by atoms with van der Waals surface area (Å²) < 4.78 is 3.65. The number of imidazole rings is 1. The Hall–Kier alpha value is -3.22. The second-order valence-electron chi connectivity index (χ2n) is 7.73. The van der Waals surface area contributed by atoms with Gasteiger partial charge in [0, 0.05) is 74.7 Å². The van der Waals surface area contributed by atoms with E-state index >= 15 is 0 Å². The molecule has 0 N–H and O–H groups in total. The molecule has 0 aliphatic carbocycles. The van der Waals surface area contributed by atoms with Crippen molar-refractivity contribution in [1.29, 1.82) is 0 Å². The Morgan fingerprint density at radius 3 is 2.79 bits per heavy atom. The fourth-order valence-electron chi connectivity index (χ4n) is 4.54. The van der Waals surface area contributed by atoms with E-state index in [1.165, 1.54) is 0 Å². The van der Waals surface area contributed by atoms with Crippen molar-refractivity contribution in [3.8, 4) is 11.1 Å². The lowest BCUT2D eigenvalue weighted by Crippen LogP contribution is -2.49. The Labute approximate surface area is 162 Å². The zero-order valence-electron chi connectivity index (χ0n) is 15.7. The number of likely N-dealkylation sites (tertiary alicyclic amines) is 1. The molecule has 0 saturated carbocycles. The lowest BCUT2D eigenvalue weighted by atomic mass is 9.82. The summed E-state index contributed by atoms with van der Waals surface area (Å²) in [5.41, 5.74) is 2.85. The number of hydrogen-bond acceptors (Lipinski definition) is 4. The van der Waals surface area contributed by atoms with E-state index in [0.717, 1.165) is 23.2 Å². The minimum absolute atomic E-state index is 0.0231. The van der Waals surface area contributed by atoms with Gasteiger partial charge in [-0.1, -0.05) is 6.07 Å². The second kappa shape index (κ2) is 6.44. The van der Waals surface area contributed by atoms with Crippen LogP contribution in [0.25, 0.3) is 11.1 Å². The average molecular weight is 375 g/mol. The van der Waals surface area contributed by atoms with E-state index < -0.39 is 0 Å².